The average Bonchev–Trinajstić information content (AvgIpc) is 2.55. The van der Waals surface area contributed by atoms with E-state index in [9.17, 15) is 0 Å². The Balaban J connectivity index is 1.59. The van der Waals surface area contributed by atoms with Crippen molar-refractivity contribution in [3.63, 3.8) is 0 Å². The van der Waals surface area contributed by atoms with Gasteiger partial charge in [-0.25, -0.2) is 0 Å². The van der Waals surface area contributed by atoms with E-state index in [1.165, 1.54) is 44.9 Å². The van der Waals surface area contributed by atoms with Crippen molar-refractivity contribution in [1.82, 2.24) is 0 Å². The van der Waals surface area contributed by atoms with E-state index in [0.717, 1.165) is 29.6 Å². The van der Waals surface area contributed by atoms with E-state index in [-0.39, 0.29) is 0 Å². The summed E-state index contributed by atoms with van der Waals surface area (Å²) in [5.41, 5.74) is 1.64. The molecule has 3 aliphatic carbocycles. The molecule has 0 radical (unpaired) electrons. The molecule has 0 aliphatic heterocycles. The van der Waals surface area contributed by atoms with Crippen molar-refractivity contribution >= 4 is 0 Å². The largest absolute Gasteiger partial charge is 0.0622 e. The Morgan fingerprint density at radius 2 is 1.40 bits per heavy atom. The second-order valence-corrected chi connectivity index (χ2v) is 7.56. The fourth-order valence-corrected chi connectivity index (χ4v) is 5.93. The molecule has 3 aliphatic rings. The monoisotopic (exact) mass is 268 g/mol. The molecule has 5 unspecified atom stereocenters. The fraction of sp³-hybridized carbons (Fsp3) is 0.700. The number of rotatable bonds is 1. The van der Waals surface area contributed by atoms with Gasteiger partial charge in [-0.1, -0.05) is 56.0 Å². The van der Waals surface area contributed by atoms with Crippen LogP contribution in [-0.4, -0.2) is 0 Å². The molecule has 1 aromatic carbocycles. The molecule has 3 saturated carbocycles. The van der Waals surface area contributed by atoms with Crippen LogP contribution in [0.4, 0.5) is 0 Å². The van der Waals surface area contributed by atoms with Crippen LogP contribution in [0.1, 0.15) is 69.3 Å². The maximum Gasteiger partial charge on any atom is -0.0131 e. The Kier molecular flexibility index (Phi) is 3.58. The molecule has 3 fully saturated rings. The van der Waals surface area contributed by atoms with Gasteiger partial charge in [0.15, 0.2) is 0 Å². The number of fused-ring (bicyclic) bond motifs is 3. The highest BCUT2D eigenvalue weighted by atomic mass is 14.5. The second kappa shape index (κ2) is 5.54. The SMILES string of the molecule is c1ccc(C2CCCC3C4CCCCC4CCC23)cc1. The lowest BCUT2D eigenvalue weighted by molar-refractivity contribution is 0.0160. The highest BCUT2D eigenvalue weighted by Gasteiger charge is 2.44. The van der Waals surface area contributed by atoms with Crippen LogP contribution in [0.2, 0.25) is 0 Å². The van der Waals surface area contributed by atoms with Crippen LogP contribution >= 0.6 is 0 Å². The zero-order chi connectivity index (χ0) is 13.4. The van der Waals surface area contributed by atoms with E-state index in [0.29, 0.717) is 0 Å². The van der Waals surface area contributed by atoms with Crippen LogP contribution in [0, 0.1) is 23.7 Å². The molecule has 4 rings (SSSR count). The van der Waals surface area contributed by atoms with Gasteiger partial charge in [0.1, 0.15) is 0 Å². The van der Waals surface area contributed by atoms with Crippen molar-refractivity contribution in [2.75, 3.05) is 0 Å². The summed E-state index contributed by atoms with van der Waals surface area (Å²) in [6.45, 7) is 0. The van der Waals surface area contributed by atoms with Gasteiger partial charge >= 0.3 is 0 Å². The average molecular weight is 268 g/mol. The van der Waals surface area contributed by atoms with E-state index in [2.05, 4.69) is 30.3 Å². The van der Waals surface area contributed by atoms with Gasteiger partial charge in [0.25, 0.3) is 0 Å². The Labute approximate surface area is 124 Å². The van der Waals surface area contributed by atoms with Gasteiger partial charge < -0.3 is 0 Å². The normalized spacial score (nSPS) is 40.7. The zero-order valence-corrected chi connectivity index (χ0v) is 12.6. The Bertz CT molecular complexity index is 435. The molecule has 20 heavy (non-hydrogen) atoms. The Hall–Kier alpha value is -0.780. The quantitative estimate of drug-likeness (QED) is 0.605. The van der Waals surface area contributed by atoms with Crippen LogP contribution in [0.3, 0.4) is 0 Å². The first-order valence-corrected chi connectivity index (χ1v) is 8.98. The van der Waals surface area contributed by atoms with Crippen molar-refractivity contribution < 1.29 is 0 Å². The van der Waals surface area contributed by atoms with Crippen molar-refractivity contribution in [1.29, 1.82) is 0 Å². The molecule has 0 N–H and O–H groups in total. The standard InChI is InChI=1S/C20H28/c1-2-7-15(8-3-1)18-11-6-12-19-17-10-5-4-9-16(17)13-14-20(18)19/h1-3,7-8,16-20H,4-6,9-14H2. The Morgan fingerprint density at radius 3 is 2.30 bits per heavy atom. The third kappa shape index (κ3) is 2.22. The highest BCUT2D eigenvalue weighted by Crippen LogP contribution is 2.55. The second-order valence-electron chi connectivity index (χ2n) is 7.56. The van der Waals surface area contributed by atoms with E-state index < -0.39 is 0 Å². The summed E-state index contributed by atoms with van der Waals surface area (Å²) in [5.74, 6) is 5.13. The first kappa shape index (κ1) is 12.9. The lowest BCUT2D eigenvalue weighted by atomic mass is 9.54. The van der Waals surface area contributed by atoms with Crippen LogP contribution < -0.4 is 0 Å². The van der Waals surface area contributed by atoms with Crippen molar-refractivity contribution in [3.8, 4) is 0 Å². The summed E-state index contributed by atoms with van der Waals surface area (Å²) < 4.78 is 0. The van der Waals surface area contributed by atoms with Gasteiger partial charge in [-0.05, 0) is 67.3 Å². The number of benzene rings is 1. The highest BCUT2D eigenvalue weighted by molar-refractivity contribution is 5.22. The first-order valence-electron chi connectivity index (χ1n) is 8.98. The Morgan fingerprint density at radius 1 is 0.600 bits per heavy atom. The van der Waals surface area contributed by atoms with Gasteiger partial charge in [0.2, 0.25) is 0 Å². The summed E-state index contributed by atoms with van der Waals surface area (Å²) in [7, 11) is 0. The molecule has 0 nitrogen and oxygen atoms in total. The van der Waals surface area contributed by atoms with Crippen LogP contribution in [0.5, 0.6) is 0 Å². The maximum atomic E-state index is 2.39. The molecular weight excluding hydrogens is 240 g/mol. The van der Waals surface area contributed by atoms with Gasteiger partial charge in [-0.15, -0.1) is 0 Å². The smallest absolute Gasteiger partial charge is 0.0131 e. The molecule has 0 heterocycles. The van der Waals surface area contributed by atoms with Gasteiger partial charge in [0.05, 0.1) is 0 Å². The maximum absolute atomic E-state index is 2.39. The minimum atomic E-state index is 0.873. The zero-order valence-electron chi connectivity index (χ0n) is 12.6. The van der Waals surface area contributed by atoms with E-state index in [1.54, 1.807) is 18.4 Å². The van der Waals surface area contributed by atoms with Gasteiger partial charge in [0, 0.05) is 0 Å². The fourth-order valence-electron chi connectivity index (χ4n) is 5.93. The van der Waals surface area contributed by atoms with Crippen molar-refractivity contribution in [2.45, 2.75) is 63.7 Å². The first-order chi connectivity index (χ1) is 9.93. The third-order valence-electron chi connectivity index (χ3n) is 6.74. The molecule has 0 heteroatoms. The van der Waals surface area contributed by atoms with E-state index in [4.69, 9.17) is 0 Å². The van der Waals surface area contributed by atoms with E-state index in [1.807, 2.05) is 0 Å². The van der Waals surface area contributed by atoms with Gasteiger partial charge in [-0.2, -0.15) is 0 Å². The molecule has 0 bridgehead atoms. The van der Waals surface area contributed by atoms with Crippen LogP contribution in [0.15, 0.2) is 30.3 Å². The van der Waals surface area contributed by atoms with E-state index >= 15 is 0 Å². The molecule has 1 aromatic rings. The summed E-state index contributed by atoms with van der Waals surface area (Å²) >= 11 is 0. The lowest BCUT2D eigenvalue weighted by Crippen LogP contribution is -2.41. The van der Waals surface area contributed by atoms with Gasteiger partial charge in [-0.3, -0.25) is 0 Å². The molecule has 0 amide bonds. The summed E-state index contributed by atoms with van der Waals surface area (Å²) in [6, 6.07) is 11.4. The minimum Gasteiger partial charge on any atom is -0.0622 e. The molecule has 0 saturated heterocycles. The molecule has 0 aromatic heterocycles. The molecule has 5 atom stereocenters. The molecular formula is C20H28. The van der Waals surface area contributed by atoms with Crippen LogP contribution in [-0.2, 0) is 0 Å². The predicted octanol–water partition coefficient (Wildman–Crippen LogP) is 5.79. The lowest BCUT2D eigenvalue weighted by Gasteiger charge is -2.51. The molecule has 108 valence electrons. The van der Waals surface area contributed by atoms with Crippen molar-refractivity contribution in [3.05, 3.63) is 35.9 Å². The number of hydrogen-bond acceptors (Lipinski definition) is 0. The van der Waals surface area contributed by atoms with Crippen LogP contribution in [0.25, 0.3) is 0 Å². The summed E-state index contributed by atoms with van der Waals surface area (Å²) in [6.07, 6.45) is 13.6. The number of hydrogen-bond donors (Lipinski definition) is 0. The minimum absolute atomic E-state index is 0.873. The summed E-state index contributed by atoms with van der Waals surface area (Å²) in [4.78, 5) is 0. The summed E-state index contributed by atoms with van der Waals surface area (Å²) in [5, 5.41) is 0. The topological polar surface area (TPSA) is 0 Å². The van der Waals surface area contributed by atoms with Crippen molar-refractivity contribution in [2.24, 2.45) is 23.7 Å². The predicted molar refractivity (Wildman–Crippen MR) is 84.7 cm³/mol. The third-order valence-corrected chi connectivity index (χ3v) is 6.74. The molecule has 0 spiro atoms.